The lowest BCUT2D eigenvalue weighted by Gasteiger charge is -2.38. The average Bonchev–Trinajstić information content (AvgIpc) is 2.54. The van der Waals surface area contributed by atoms with Crippen LogP contribution in [-0.4, -0.2) is 31.4 Å². The molecule has 1 aliphatic heterocycles. The van der Waals surface area contributed by atoms with Gasteiger partial charge in [-0.15, -0.1) is 0 Å². The summed E-state index contributed by atoms with van der Waals surface area (Å²) in [5.74, 6) is 1.22. The smallest absolute Gasteiger partial charge is 0.306 e. The van der Waals surface area contributed by atoms with Gasteiger partial charge in [-0.1, -0.05) is 13.0 Å². The number of benzene rings is 1. The minimum atomic E-state index is -0.682. The van der Waals surface area contributed by atoms with E-state index in [0.717, 1.165) is 24.2 Å². The van der Waals surface area contributed by atoms with Crippen LogP contribution in [0, 0.1) is 5.92 Å². The van der Waals surface area contributed by atoms with E-state index < -0.39 is 5.97 Å². The first-order valence-electron chi connectivity index (χ1n) is 7.75. The third-order valence-electron chi connectivity index (χ3n) is 4.96. The fourth-order valence-corrected chi connectivity index (χ4v) is 3.52. The first-order chi connectivity index (χ1) is 10.5. The van der Waals surface area contributed by atoms with Gasteiger partial charge in [0.05, 0.1) is 13.0 Å². The molecule has 3 rings (SSSR count). The van der Waals surface area contributed by atoms with Crippen molar-refractivity contribution in [1.82, 2.24) is 0 Å². The predicted octanol–water partition coefficient (Wildman–Crippen LogP) is 3.00. The van der Waals surface area contributed by atoms with Gasteiger partial charge in [-0.25, -0.2) is 0 Å². The van der Waals surface area contributed by atoms with Crippen LogP contribution in [-0.2, 0) is 10.2 Å². The van der Waals surface area contributed by atoms with E-state index in [4.69, 9.17) is 14.2 Å². The Hall–Kier alpha value is -1.91. The second-order valence-corrected chi connectivity index (χ2v) is 6.34. The molecule has 0 spiro atoms. The number of ether oxygens (including phenoxy) is 3. The zero-order valence-electron chi connectivity index (χ0n) is 13.1. The molecule has 1 heterocycles. The molecule has 0 unspecified atom stereocenters. The van der Waals surface area contributed by atoms with E-state index in [1.54, 1.807) is 7.11 Å². The van der Waals surface area contributed by atoms with Crippen molar-refractivity contribution < 1.29 is 24.1 Å². The summed E-state index contributed by atoms with van der Waals surface area (Å²) < 4.78 is 17.0. The quantitative estimate of drug-likeness (QED) is 0.930. The predicted molar refractivity (Wildman–Crippen MR) is 80.9 cm³/mol. The molecule has 2 aliphatic rings. The molecule has 0 aromatic heterocycles. The van der Waals surface area contributed by atoms with Crippen LogP contribution in [0.25, 0.3) is 0 Å². The fourth-order valence-electron chi connectivity index (χ4n) is 3.52. The molecule has 5 heteroatoms. The molecule has 0 saturated heterocycles. The fraction of sp³-hybridized carbons (Fsp3) is 0.588. The molecular formula is C17H22O5. The van der Waals surface area contributed by atoms with Crippen molar-refractivity contribution in [2.45, 2.75) is 38.0 Å². The maximum atomic E-state index is 11.2. The monoisotopic (exact) mass is 306 g/mol. The van der Waals surface area contributed by atoms with Gasteiger partial charge in [0.1, 0.15) is 13.2 Å². The van der Waals surface area contributed by atoms with Crippen LogP contribution < -0.4 is 14.2 Å². The first kappa shape index (κ1) is 15.0. The summed E-state index contributed by atoms with van der Waals surface area (Å²) in [6.45, 7) is 3.23. The largest absolute Gasteiger partial charge is 0.493 e. The number of methoxy groups -OCH3 is 1. The van der Waals surface area contributed by atoms with Crippen molar-refractivity contribution in [3.63, 3.8) is 0 Å². The molecule has 5 nitrogen and oxygen atoms in total. The second-order valence-electron chi connectivity index (χ2n) is 6.34. The van der Waals surface area contributed by atoms with E-state index >= 15 is 0 Å². The first-order valence-corrected chi connectivity index (χ1v) is 7.75. The van der Waals surface area contributed by atoms with Crippen molar-refractivity contribution >= 4 is 5.97 Å². The topological polar surface area (TPSA) is 65.0 Å². The molecule has 1 aromatic rings. The van der Waals surface area contributed by atoms with E-state index in [2.05, 4.69) is 6.92 Å². The number of fused-ring (bicyclic) bond motifs is 1. The Bertz CT molecular complexity index is 573. The van der Waals surface area contributed by atoms with Crippen LogP contribution >= 0.6 is 0 Å². The summed E-state index contributed by atoms with van der Waals surface area (Å²) >= 11 is 0. The zero-order valence-corrected chi connectivity index (χ0v) is 13.1. The van der Waals surface area contributed by atoms with E-state index in [1.807, 2.05) is 12.1 Å². The SMILES string of the molecule is COc1ccc([C@]2(C)CC[C@H](C(=O)O)CC2)c2c1OCCO2. The highest BCUT2D eigenvalue weighted by atomic mass is 16.6. The molecule has 0 bridgehead atoms. The minimum absolute atomic E-state index is 0.0804. The Balaban J connectivity index is 1.93. The third kappa shape index (κ3) is 2.49. The number of aliphatic carboxylic acids is 1. The molecule has 22 heavy (non-hydrogen) atoms. The lowest BCUT2D eigenvalue weighted by Crippen LogP contribution is -2.32. The van der Waals surface area contributed by atoms with Crippen LogP contribution in [0.15, 0.2) is 12.1 Å². The summed E-state index contributed by atoms with van der Waals surface area (Å²) in [4.78, 5) is 11.2. The lowest BCUT2D eigenvalue weighted by molar-refractivity contribution is -0.143. The molecule has 1 N–H and O–H groups in total. The van der Waals surface area contributed by atoms with Gasteiger partial charge in [-0.2, -0.15) is 0 Å². The van der Waals surface area contributed by atoms with Crippen LogP contribution in [0.2, 0.25) is 0 Å². The number of rotatable bonds is 3. The normalized spacial score (nSPS) is 27.3. The summed E-state index contributed by atoms with van der Waals surface area (Å²) in [6.07, 6.45) is 3.08. The second kappa shape index (κ2) is 5.71. The van der Waals surface area contributed by atoms with Gasteiger partial charge in [-0.3, -0.25) is 4.79 Å². The Kier molecular flexibility index (Phi) is 3.89. The summed E-state index contributed by atoms with van der Waals surface area (Å²) in [5, 5.41) is 9.18. The lowest BCUT2D eigenvalue weighted by atomic mass is 9.67. The summed E-state index contributed by atoms with van der Waals surface area (Å²) in [5.41, 5.74) is 1.02. The minimum Gasteiger partial charge on any atom is -0.493 e. The van der Waals surface area contributed by atoms with Gasteiger partial charge in [0.15, 0.2) is 11.5 Å². The number of hydrogen-bond acceptors (Lipinski definition) is 4. The number of hydrogen-bond donors (Lipinski definition) is 1. The van der Waals surface area contributed by atoms with Crippen molar-refractivity contribution in [3.8, 4) is 17.2 Å². The number of carboxylic acid groups (broad SMARTS) is 1. The van der Waals surface area contributed by atoms with Gasteiger partial charge in [0.2, 0.25) is 5.75 Å². The molecule has 1 fully saturated rings. The molecule has 120 valence electrons. The Morgan fingerprint density at radius 1 is 1.23 bits per heavy atom. The van der Waals surface area contributed by atoms with Crippen LogP contribution in [0.5, 0.6) is 17.2 Å². The molecular weight excluding hydrogens is 284 g/mol. The van der Waals surface area contributed by atoms with Crippen LogP contribution in [0.3, 0.4) is 0 Å². The van der Waals surface area contributed by atoms with E-state index in [9.17, 15) is 9.90 Å². The maximum absolute atomic E-state index is 11.2. The van der Waals surface area contributed by atoms with Crippen molar-refractivity contribution in [3.05, 3.63) is 17.7 Å². The molecule has 0 atom stereocenters. The van der Waals surface area contributed by atoms with E-state index in [-0.39, 0.29) is 11.3 Å². The average molecular weight is 306 g/mol. The molecule has 1 aliphatic carbocycles. The third-order valence-corrected chi connectivity index (χ3v) is 4.96. The number of carbonyl (C=O) groups is 1. The molecule has 0 radical (unpaired) electrons. The summed E-state index contributed by atoms with van der Waals surface area (Å²) in [6, 6.07) is 3.95. The number of carboxylic acids is 1. The van der Waals surface area contributed by atoms with E-state index in [1.165, 1.54) is 0 Å². The molecule has 0 amide bonds. The zero-order chi connectivity index (χ0) is 15.7. The van der Waals surface area contributed by atoms with Gasteiger partial charge >= 0.3 is 5.97 Å². The van der Waals surface area contributed by atoms with Crippen molar-refractivity contribution in [1.29, 1.82) is 0 Å². The van der Waals surface area contributed by atoms with Gasteiger partial charge in [0, 0.05) is 5.56 Å². The van der Waals surface area contributed by atoms with Crippen LogP contribution in [0.1, 0.15) is 38.2 Å². The highest BCUT2D eigenvalue weighted by Gasteiger charge is 2.38. The Labute approximate surface area is 130 Å². The van der Waals surface area contributed by atoms with Crippen LogP contribution in [0.4, 0.5) is 0 Å². The standard InChI is InChI=1S/C17H22O5/c1-17(7-5-11(6-8-17)16(18)19)12-3-4-13(20-2)15-14(12)21-9-10-22-15/h3-4,11H,5-10H2,1-2H3,(H,18,19)/t11-,17+. The van der Waals surface area contributed by atoms with Gasteiger partial charge in [-0.05, 0) is 37.2 Å². The molecule has 1 aromatic carbocycles. The highest BCUT2D eigenvalue weighted by Crippen LogP contribution is 2.50. The summed E-state index contributed by atoms with van der Waals surface area (Å²) in [7, 11) is 1.62. The molecule has 1 saturated carbocycles. The Morgan fingerprint density at radius 2 is 1.86 bits per heavy atom. The van der Waals surface area contributed by atoms with Gasteiger partial charge in [0.25, 0.3) is 0 Å². The van der Waals surface area contributed by atoms with Crippen molar-refractivity contribution in [2.24, 2.45) is 5.92 Å². The Morgan fingerprint density at radius 3 is 2.45 bits per heavy atom. The van der Waals surface area contributed by atoms with Crippen molar-refractivity contribution in [2.75, 3.05) is 20.3 Å². The highest BCUT2D eigenvalue weighted by molar-refractivity contribution is 5.70. The van der Waals surface area contributed by atoms with Gasteiger partial charge < -0.3 is 19.3 Å². The maximum Gasteiger partial charge on any atom is 0.306 e. The van der Waals surface area contributed by atoms with E-state index in [0.29, 0.717) is 37.6 Å².